The molecule has 0 fully saturated rings. The number of aliphatic carboxylic acids is 1. The number of benzene rings is 1. The first-order chi connectivity index (χ1) is 10.9. The van der Waals surface area contributed by atoms with Gasteiger partial charge in [-0.05, 0) is 36.8 Å². The van der Waals surface area contributed by atoms with E-state index in [4.69, 9.17) is 5.73 Å². The summed E-state index contributed by atoms with van der Waals surface area (Å²) in [6.45, 7) is 3.76. The van der Waals surface area contributed by atoms with Gasteiger partial charge >= 0.3 is 5.97 Å². The standard InChI is InChI=1S/C17H25FN2O3/c1-3-11(2)15(19)16(21)20-14(17(22)23)10-6-8-12-7-4-5-9-13(12)18/h4-5,7,9,11,14-15H,3,6,8,10,19H2,1-2H3,(H,20,21)(H,22,23)/t11-,14?,15-/m0/s1. The molecule has 1 aromatic carbocycles. The highest BCUT2D eigenvalue weighted by molar-refractivity contribution is 5.86. The second-order valence-corrected chi connectivity index (χ2v) is 5.79. The number of hydrogen-bond acceptors (Lipinski definition) is 3. The minimum atomic E-state index is -1.11. The van der Waals surface area contributed by atoms with Crippen LogP contribution in [-0.4, -0.2) is 29.1 Å². The first kappa shape index (κ1) is 19.1. The van der Waals surface area contributed by atoms with Crippen molar-refractivity contribution >= 4 is 11.9 Å². The second-order valence-electron chi connectivity index (χ2n) is 5.79. The van der Waals surface area contributed by atoms with Crippen LogP contribution in [0.15, 0.2) is 24.3 Å². The first-order valence-corrected chi connectivity index (χ1v) is 7.89. The summed E-state index contributed by atoms with van der Waals surface area (Å²) in [5.74, 6) is -1.90. The summed E-state index contributed by atoms with van der Waals surface area (Å²) in [7, 11) is 0. The summed E-state index contributed by atoms with van der Waals surface area (Å²) < 4.78 is 13.5. The van der Waals surface area contributed by atoms with Crippen LogP contribution in [0.4, 0.5) is 4.39 Å². The number of carbonyl (C=O) groups excluding carboxylic acids is 1. The Morgan fingerprint density at radius 1 is 1.35 bits per heavy atom. The molecule has 0 aromatic heterocycles. The van der Waals surface area contributed by atoms with Crippen LogP contribution in [0.3, 0.4) is 0 Å². The number of carbonyl (C=O) groups is 2. The lowest BCUT2D eigenvalue weighted by Gasteiger charge is -2.21. The van der Waals surface area contributed by atoms with Crippen molar-refractivity contribution < 1.29 is 19.1 Å². The van der Waals surface area contributed by atoms with Crippen molar-refractivity contribution in [1.29, 1.82) is 0 Å². The molecule has 6 heteroatoms. The highest BCUT2D eigenvalue weighted by Crippen LogP contribution is 2.12. The Bertz CT molecular complexity index is 536. The Morgan fingerprint density at radius 2 is 2.00 bits per heavy atom. The van der Waals surface area contributed by atoms with E-state index in [2.05, 4.69) is 5.32 Å². The van der Waals surface area contributed by atoms with E-state index >= 15 is 0 Å². The Hall–Kier alpha value is -1.95. The molecular formula is C17H25FN2O3. The predicted octanol–water partition coefficient (Wildman–Crippen LogP) is 2.09. The van der Waals surface area contributed by atoms with E-state index < -0.39 is 24.0 Å². The van der Waals surface area contributed by atoms with Crippen molar-refractivity contribution in [2.45, 2.75) is 51.6 Å². The minimum Gasteiger partial charge on any atom is -0.480 e. The maximum Gasteiger partial charge on any atom is 0.326 e. The predicted molar refractivity (Wildman–Crippen MR) is 86.3 cm³/mol. The van der Waals surface area contributed by atoms with Gasteiger partial charge in [-0.25, -0.2) is 9.18 Å². The van der Waals surface area contributed by atoms with E-state index in [-0.39, 0.29) is 18.2 Å². The molecule has 1 amide bonds. The van der Waals surface area contributed by atoms with E-state index in [1.165, 1.54) is 6.07 Å². The van der Waals surface area contributed by atoms with Crippen LogP contribution >= 0.6 is 0 Å². The molecule has 0 aliphatic rings. The summed E-state index contributed by atoms with van der Waals surface area (Å²) in [5, 5.41) is 11.7. The number of carboxylic acids is 1. The van der Waals surface area contributed by atoms with Gasteiger partial charge in [0.2, 0.25) is 5.91 Å². The van der Waals surface area contributed by atoms with Crippen LogP contribution in [0.1, 0.15) is 38.7 Å². The first-order valence-electron chi connectivity index (χ1n) is 7.89. The number of halogens is 1. The molecule has 3 atom stereocenters. The largest absolute Gasteiger partial charge is 0.480 e. The number of carboxylic acid groups (broad SMARTS) is 1. The monoisotopic (exact) mass is 324 g/mol. The van der Waals surface area contributed by atoms with Crippen molar-refractivity contribution in [2.75, 3.05) is 0 Å². The van der Waals surface area contributed by atoms with Crippen LogP contribution in [0.5, 0.6) is 0 Å². The fraction of sp³-hybridized carbons (Fsp3) is 0.529. The molecule has 1 aromatic rings. The third kappa shape index (κ3) is 5.98. The maximum absolute atomic E-state index is 13.5. The zero-order valence-electron chi connectivity index (χ0n) is 13.6. The lowest BCUT2D eigenvalue weighted by Crippen LogP contribution is -2.50. The highest BCUT2D eigenvalue weighted by Gasteiger charge is 2.25. The van der Waals surface area contributed by atoms with Crippen molar-refractivity contribution in [3.63, 3.8) is 0 Å². The number of aryl methyl sites for hydroxylation is 1. The smallest absolute Gasteiger partial charge is 0.326 e. The van der Waals surface area contributed by atoms with Crippen LogP contribution in [0.25, 0.3) is 0 Å². The molecular weight excluding hydrogens is 299 g/mol. The molecule has 0 radical (unpaired) electrons. The van der Waals surface area contributed by atoms with Crippen LogP contribution < -0.4 is 11.1 Å². The lowest BCUT2D eigenvalue weighted by atomic mass is 9.98. The molecule has 4 N–H and O–H groups in total. The summed E-state index contributed by atoms with van der Waals surface area (Å²) in [6.07, 6.45) is 1.84. The fourth-order valence-corrected chi connectivity index (χ4v) is 2.24. The molecule has 0 heterocycles. The van der Waals surface area contributed by atoms with Crippen LogP contribution in [-0.2, 0) is 16.0 Å². The van der Waals surface area contributed by atoms with E-state index in [0.717, 1.165) is 6.42 Å². The van der Waals surface area contributed by atoms with Crippen molar-refractivity contribution in [1.82, 2.24) is 5.32 Å². The van der Waals surface area contributed by atoms with Crippen molar-refractivity contribution in [2.24, 2.45) is 11.7 Å². The number of nitrogens with two attached hydrogens (primary N) is 1. The third-order valence-corrected chi connectivity index (χ3v) is 4.07. The Morgan fingerprint density at radius 3 is 2.57 bits per heavy atom. The summed E-state index contributed by atoms with van der Waals surface area (Å²) in [5.41, 5.74) is 6.35. The average molecular weight is 324 g/mol. The quantitative estimate of drug-likeness (QED) is 0.648. The SMILES string of the molecule is CC[C@H](C)[C@H](N)C(=O)NC(CCCc1ccccc1F)C(=O)O. The van der Waals surface area contributed by atoms with E-state index in [9.17, 15) is 19.1 Å². The van der Waals surface area contributed by atoms with Crippen molar-refractivity contribution in [3.05, 3.63) is 35.6 Å². The van der Waals surface area contributed by atoms with Gasteiger partial charge < -0.3 is 16.2 Å². The molecule has 0 saturated carbocycles. The van der Waals surface area contributed by atoms with Gasteiger partial charge in [-0.1, -0.05) is 38.5 Å². The fourth-order valence-electron chi connectivity index (χ4n) is 2.24. The molecule has 23 heavy (non-hydrogen) atoms. The Kier molecular flexibility index (Phi) is 7.68. The molecule has 5 nitrogen and oxygen atoms in total. The molecule has 0 spiro atoms. The maximum atomic E-state index is 13.5. The van der Waals surface area contributed by atoms with Gasteiger partial charge in [0.05, 0.1) is 6.04 Å². The number of amides is 1. The zero-order chi connectivity index (χ0) is 17.4. The van der Waals surface area contributed by atoms with Gasteiger partial charge in [-0.15, -0.1) is 0 Å². The highest BCUT2D eigenvalue weighted by atomic mass is 19.1. The normalized spacial score (nSPS) is 14.8. The van der Waals surface area contributed by atoms with E-state index in [1.807, 2.05) is 13.8 Å². The van der Waals surface area contributed by atoms with Gasteiger partial charge in [-0.3, -0.25) is 4.79 Å². The van der Waals surface area contributed by atoms with Gasteiger partial charge in [-0.2, -0.15) is 0 Å². The zero-order valence-corrected chi connectivity index (χ0v) is 13.6. The van der Waals surface area contributed by atoms with Crippen molar-refractivity contribution in [3.8, 4) is 0 Å². The third-order valence-electron chi connectivity index (χ3n) is 4.07. The molecule has 0 bridgehead atoms. The Labute approximate surface area is 136 Å². The lowest BCUT2D eigenvalue weighted by molar-refractivity contribution is -0.142. The molecule has 0 saturated heterocycles. The number of nitrogens with one attached hydrogen (secondary N) is 1. The van der Waals surface area contributed by atoms with Gasteiger partial charge in [0, 0.05) is 0 Å². The summed E-state index contributed by atoms with van der Waals surface area (Å²) in [4.78, 5) is 23.3. The summed E-state index contributed by atoms with van der Waals surface area (Å²) >= 11 is 0. The molecule has 0 aliphatic carbocycles. The number of hydrogen-bond donors (Lipinski definition) is 3. The van der Waals surface area contributed by atoms with E-state index in [0.29, 0.717) is 18.4 Å². The van der Waals surface area contributed by atoms with E-state index in [1.54, 1.807) is 18.2 Å². The van der Waals surface area contributed by atoms with Gasteiger partial charge in [0.25, 0.3) is 0 Å². The second kappa shape index (κ2) is 9.25. The average Bonchev–Trinajstić information content (AvgIpc) is 2.53. The summed E-state index contributed by atoms with van der Waals surface area (Å²) in [6, 6.07) is 4.65. The van der Waals surface area contributed by atoms with Gasteiger partial charge in [0.15, 0.2) is 0 Å². The number of rotatable bonds is 9. The molecule has 1 unspecified atom stereocenters. The molecule has 0 aliphatic heterocycles. The molecule has 128 valence electrons. The van der Waals surface area contributed by atoms with Crippen LogP contribution in [0, 0.1) is 11.7 Å². The molecule has 1 rings (SSSR count). The minimum absolute atomic E-state index is 0.0251. The topological polar surface area (TPSA) is 92.4 Å². The Balaban J connectivity index is 2.54. The van der Waals surface area contributed by atoms with Crippen LogP contribution in [0.2, 0.25) is 0 Å². The van der Waals surface area contributed by atoms with Gasteiger partial charge in [0.1, 0.15) is 11.9 Å².